The predicted molar refractivity (Wildman–Crippen MR) is 146 cm³/mol. The van der Waals surface area contributed by atoms with E-state index in [1.54, 1.807) is 32.1 Å². The molecule has 0 aliphatic carbocycles. The maximum atomic E-state index is 13.3. The third-order valence-corrected chi connectivity index (χ3v) is 8.28. The number of rotatable bonds is 2. The van der Waals surface area contributed by atoms with Crippen LogP contribution in [0.1, 0.15) is 90.8 Å². The van der Waals surface area contributed by atoms with E-state index in [2.05, 4.69) is 18.0 Å². The van der Waals surface area contributed by atoms with Gasteiger partial charge >= 0.3 is 5.97 Å². The largest absolute Gasteiger partial charge is 0.457 e. The maximum Gasteiger partial charge on any atom is 0.309 e. The van der Waals surface area contributed by atoms with Crippen molar-refractivity contribution in [3.63, 3.8) is 0 Å². The summed E-state index contributed by atoms with van der Waals surface area (Å²) in [5.74, 6) is -1.05. The molecule has 6 unspecified atom stereocenters. The van der Waals surface area contributed by atoms with Crippen molar-refractivity contribution in [3.05, 3.63) is 33.8 Å². The molecule has 2 N–H and O–H groups in total. The van der Waals surface area contributed by atoms with Crippen LogP contribution in [0, 0.1) is 30.1 Å². The van der Waals surface area contributed by atoms with E-state index in [0.29, 0.717) is 12.3 Å². The van der Waals surface area contributed by atoms with Gasteiger partial charge in [0.25, 0.3) is 0 Å². The first-order chi connectivity index (χ1) is 16.8. The molecule has 1 aliphatic heterocycles. The number of esters is 1. The molecule has 0 aromatic carbocycles. The second-order valence-electron chi connectivity index (χ2n) is 11.2. The Labute approximate surface area is 220 Å². The van der Waals surface area contributed by atoms with Crippen LogP contribution < -0.4 is 0 Å². The third-order valence-electron chi connectivity index (χ3n) is 7.49. The normalized spacial score (nSPS) is 32.0. The molecule has 1 aromatic heterocycles. The van der Waals surface area contributed by atoms with Gasteiger partial charge in [0, 0.05) is 17.7 Å². The van der Waals surface area contributed by atoms with E-state index in [-0.39, 0.29) is 18.1 Å². The van der Waals surface area contributed by atoms with Gasteiger partial charge in [0.1, 0.15) is 11.9 Å². The van der Waals surface area contributed by atoms with Crippen LogP contribution in [0.2, 0.25) is 0 Å². The number of thiazole rings is 1. The van der Waals surface area contributed by atoms with Crippen LogP contribution in [-0.2, 0) is 14.3 Å². The highest BCUT2D eigenvalue weighted by molar-refractivity contribution is 7.09. The highest BCUT2D eigenvalue weighted by Crippen LogP contribution is 2.33. The van der Waals surface area contributed by atoms with Gasteiger partial charge < -0.3 is 14.9 Å². The summed E-state index contributed by atoms with van der Waals surface area (Å²) in [6.45, 7) is 13.0. The molecule has 36 heavy (non-hydrogen) atoms. The lowest BCUT2D eigenvalue weighted by atomic mass is 9.72. The first kappa shape index (κ1) is 30.4. The molecular weight excluding hydrogens is 474 g/mol. The molecule has 0 fully saturated rings. The fraction of sp³-hybridized carbons (Fsp3) is 0.690. The highest BCUT2D eigenvalue weighted by atomic mass is 32.1. The van der Waals surface area contributed by atoms with Gasteiger partial charge in [0.15, 0.2) is 0 Å². The van der Waals surface area contributed by atoms with Crippen molar-refractivity contribution in [1.29, 1.82) is 0 Å². The fourth-order valence-corrected chi connectivity index (χ4v) is 5.50. The lowest BCUT2D eigenvalue weighted by Crippen LogP contribution is -2.45. The van der Waals surface area contributed by atoms with Crippen molar-refractivity contribution in [3.8, 4) is 0 Å². The Bertz CT molecular complexity index is 934. The van der Waals surface area contributed by atoms with Gasteiger partial charge in [-0.15, -0.1) is 11.3 Å². The maximum absolute atomic E-state index is 13.3. The minimum Gasteiger partial charge on any atom is -0.457 e. The van der Waals surface area contributed by atoms with Gasteiger partial charge in [-0.05, 0) is 56.6 Å². The van der Waals surface area contributed by atoms with Crippen LogP contribution in [-0.4, -0.2) is 45.3 Å². The Morgan fingerprint density at radius 1 is 1.19 bits per heavy atom. The van der Waals surface area contributed by atoms with Crippen molar-refractivity contribution in [1.82, 2.24) is 4.98 Å². The van der Waals surface area contributed by atoms with Crippen molar-refractivity contribution >= 4 is 29.2 Å². The summed E-state index contributed by atoms with van der Waals surface area (Å²) in [6.07, 6.45) is 7.67. The second-order valence-corrected chi connectivity index (χ2v) is 12.3. The quantitative estimate of drug-likeness (QED) is 0.373. The summed E-state index contributed by atoms with van der Waals surface area (Å²) in [6, 6.07) is 0. The standard InChI is InChI=1S/C29H45NO5S/c1-18-12-10-8-9-11-13-24(19(2)15-23-17-36-22(5)30-23)35-26(32)16-25(31)29(6,7)28(34)21(4)27(33)20(3)14-18/h9,11,15,17-18,20-21,24-25,27,31,33H,8,10,12-14,16H2,1-7H3. The number of Topliss-reactive ketones (excluding diaryl/α,β-unsaturated/α-hetero) is 1. The Morgan fingerprint density at radius 2 is 1.89 bits per heavy atom. The zero-order valence-corrected chi connectivity index (χ0v) is 23.8. The molecule has 0 saturated carbocycles. The van der Waals surface area contributed by atoms with Crippen LogP contribution in [0.25, 0.3) is 6.08 Å². The van der Waals surface area contributed by atoms with Gasteiger partial charge in [0.05, 0.1) is 34.7 Å². The van der Waals surface area contributed by atoms with E-state index in [4.69, 9.17) is 4.74 Å². The van der Waals surface area contributed by atoms with E-state index >= 15 is 0 Å². The van der Waals surface area contributed by atoms with E-state index in [1.807, 2.05) is 38.3 Å². The van der Waals surface area contributed by atoms with Crippen molar-refractivity contribution < 1.29 is 24.5 Å². The Hall–Kier alpha value is -1.83. The number of hydrogen-bond acceptors (Lipinski definition) is 7. The molecule has 0 amide bonds. The molecule has 6 atom stereocenters. The molecule has 0 radical (unpaired) electrons. The predicted octanol–water partition coefficient (Wildman–Crippen LogP) is 5.90. The second kappa shape index (κ2) is 13.6. The Morgan fingerprint density at radius 3 is 2.53 bits per heavy atom. The number of carbonyl (C=O) groups is 2. The number of allylic oxidation sites excluding steroid dienone is 1. The minimum atomic E-state index is -1.22. The van der Waals surface area contributed by atoms with E-state index in [0.717, 1.165) is 42.0 Å². The molecule has 1 aliphatic rings. The first-order valence-corrected chi connectivity index (χ1v) is 14.1. The summed E-state index contributed by atoms with van der Waals surface area (Å²) in [7, 11) is 0. The smallest absolute Gasteiger partial charge is 0.309 e. The summed E-state index contributed by atoms with van der Waals surface area (Å²) in [5, 5.41) is 24.7. The van der Waals surface area contributed by atoms with Gasteiger partial charge in [-0.3, -0.25) is 9.59 Å². The molecule has 2 rings (SSSR count). The van der Waals surface area contributed by atoms with E-state index in [9.17, 15) is 19.8 Å². The van der Waals surface area contributed by atoms with Crippen molar-refractivity contribution in [2.45, 2.75) is 105 Å². The Balaban J connectivity index is 2.28. The van der Waals surface area contributed by atoms with E-state index < -0.39 is 35.6 Å². The summed E-state index contributed by atoms with van der Waals surface area (Å²) in [5.41, 5.74) is 0.503. The van der Waals surface area contributed by atoms with Crippen LogP contribution in [0.4, 0.5) is 0 Å². The average Bonchev–Trinajstić information content (AvgIpc) is 3.22. The van der Waals surface area contributed by atoms with Gasteiger partial charge in [0.2, 0.25) is 0 Å². The minimum absolute atomic E-state index is 0.0386. The molecule has 2 heterocycles. The topological polar surface area (TPSA) is 96.7 Å². The Kier molecular flexibility index (Phi) is 11.5. The van der Waals surface area contributed by atoms with Crippen LogP contribution in [0.3, 0.4) is 0 Å². The van der Waals surface area contributed by atoms with Gasteiger partial charge in [-0.1, -0.05) is 53.2 Å². The molecule has 0 bridgehead atoms. The molecule has 6 nitrogen and oxygen atoms in total. The van der Waals surface area contributed by atoms with Crippen LogP contribution in [0.5, 0.6) is 0 Å². The molecular formula is C29H45NO5S. The molecule has 0 spiro atoms. The molecule has 202 valence electrons. The number of aliphatic hydroxyl groups excluding tert-OH is 2. The highest BCUT2D eigenvalue weighted by Gasteiger charge is 2.42. The zero-order chi connectivity index (χ0) is 27.0. The number of hydrogen-bond donors (Lipinski definition) is 2. The summed E-state index contributed by atoms with van der Waals surface area (Å²) >= 11 is 1.56. The SMILES string of the molecule is CC(=Cc1csc(C)n1)C1CC=CCCCC(C)CC(C)C(O)C(C)C(=O)C(C)(C)C(O)CC(=O)O1. The number of carbonyl (C=O) groups excluding carboxylic acids is 2. The van der Waals surface area contributed by atoms with E-state index in [1.165, 1.54) is 0 Å². The number of aryl methyl sites for hydroxylation is 1. The molecule has 1 aromatic rings. The van der Waals surface area contributed by atoms with Crippen LogP contribution >= 0.6 is 11.3 Å². The molecule has 7 heteroatoms. The number of cyclic esters (lactones) is 1. The summed E-state index contributed by atoms with van der Waals surface area (Å²) < 4.78 is 5.81. The lowest BCUT2D eigenvalue weighted by molar-refractivity contribution is -0.154. The zero-order valence-electron chi connectivity index (χ0n) is 23.0. The monoisotopic (exact) mass is 519 g/mol. The third kappa shape index (κ3) is 8.63. The van der Waals surface area contributed by atoms with Crippen LogP contribution in [0.15, 0.2) is 23.1 Å². The number of ketones is 1. The van der Waals surface area contributed by atoms with Crippen molar-refractivity contribution in [2.24, 2.45) is 23.2 Å². The number of aliphatic hydroxyl groups is 2. The number of nitrogens with zero attached hydrogens (tertiary/aromatic N) is 1. The fourth-order valence-electron chi connectivity index (χ4n) is 4.93. The number of aromatic nitrogens is 1. The first-order valence-electron chi connectivity index (χ1n) is 13.2. The summed E-state index contributed by atoms with van der Waals surface area (Å²) in [4.78, 5) is 30.7. The molecule has 0 saturated heterocycles. The van der Waals surface area contributed by atoms with Gasteiger partial charge in [-0.2, -0.15) is 0 Å². The number of ether oxygens (including phenoxy) is 1. The average molecular weight is 520 g/mol. The van der Waals surface area contributed by atoms with Gasteiger partial charge in [-0.25, -0.2) is 4.98 Å². The van der Waals surface area contributed by atoms with Crippen molar-refractivity contribution in [2.75, 3.05) is 0 Å². The lowest BCUT2D eigenvalue weighted by Gasteiger charge is -2.34.